The fraction of sp³-hybridized carbons (Fsp3) is 0.455. The first-order valence-electron chi connectivity index (χ1n) is 9.84. The third-order valence-electron chi connectivity index (χ3n) is 5.33. The predicted octanol–water partition coefficient (Wildman–Crippen LogP) is 2.48. The second-order valence-corrected chi connectivity index (χ2v) is 8.62. The molecular weight excluding hydrogens is 386 g/mol. The van der Waals surface area contributed by atoms with Crippen molar-refractivity contribution in [2.45, 2.75) is 39.2 Å². The molecule has 6 nitrogen and oxygen atoms in total. The molecule has 29 heavy (non-hydrogen) atoms. The van der Waals surface area contributed by atoms with Gasteiger partial charge in [-0.3, -0.25) is 4.79 Å². The molecule has 0 saturated carbocycles. The minimum absolute atomic E-state index is 0.0734. The van der Waals surface area contributed by atoms with E-state index in [4.69, 9.17) is 9.47 Å². The Labute approximate surface area is 176 Å². The summed E-state index contributed by atoms with van der Waals surface area (Å²) in [6.45, 7) is 3.03. The minimum Gasteiger partial charge on any atom is -0.493 e. The topological polar surface area (TPSA) is 75.8 Å². The summed E-state index contributed by atoms with van der Waals surface area (Å²) in [7, 11) is 5.23. The molecule has 0 aliphatic heterocycles. The quantitative estimate of drug-likeness (QED) is 0.730. The normalized spacial score (nSPS) is 13.9. The standard InChI is InChI=1S/C22H27N3O3S/c1-14-9-18(27-3)19(28-4)10-15(14)12-25(2)13-21(26)24-22-17(11-23)16-7-5-6-8-20(16)29-22/h9-10H,5-8,12-13H2,1-4H3,(H,24,26)/p+1. The maximum absolute atomic E-state index is 12.6. The first-order chi connectivity index (χ1) is 14.0. The van der Waals surface area contributed by atoms with Crippen LogP contribution < -0.4 is 19.7 Å². The molecule has 3 rings (SSSR count). The number of amides is 1. The number of anilines is 1. The summed E-state index contributed by atoms with van der Waals surface area (Å²) in [5, 5.41) is 13.2. The largest absolute Gasteiger partial charge is 0.493 e. The smallest absolute Gasteiger partial charge is 0.280 e. The van der Waals surface area contributed by atoms with Gasteiger partial charge < -0.3 is 19.7 Å². The maximum atomic E-state index is 12.6. The number of hydrogen-bond donors (Lipinski definition) is 2. The third-order valence-corrected chi connectivity index (χ3v) is 6.54. The van der Waals surface area contributed by atoms with E-state index in [1.165, 1.54) is 4.88 Å². The second-order valence-electron chi connectivity index (χ2n) is 7.52. The average Bonchev–Trinajstić information content (AvgIpc) is 3.05. The van der Waals surface area contributed by atoms with E-state index in [0.717, 1.165) is 47.3 Å². The van der Waals surface area contributed by atoms with Crippen molar-refractivity contribution in [3.8, 4) is 17.6 Å². The first kappa shape index (κ1) is 21.2. The zero-order valence-corrected chi connectivity index (χ0v) is 18.3. The molecule has 7 heteroatoms. The molecule has 1 aromatic heterocycles. The Balaban J connectivity index is 1.66. The first-order valence-corrected chi connectivity index (χ1v) is 10.7. The number of carbonyl (C=O) groups is 1. The van der Waals surface area contributed by atoms with Crippen LogP contribution >= 0.6 is 11.3 Å². The van der Waals surface area contributed by atoms with E-state index in [2.05, 4.69) is 11.4 Å². The molecule has 0 radical (unpaired) electrons. The zero-order chi connectivity index (χ0) is 21.0. The molecule has 1 amide bonds. The maximum Gasteiger partial charge on any atom is 0.280 e. The molecule has 1 aromatic carbocycles. The van der Waals surface area contributed by atoms with Gasteiger partial charge in [-0.2, -0.15) is 5.26 Å². The number of ether oxygens (including phenoxy) is 2. The Bertz CT molecular complexity index is 946. The van der Waals surface area contributed by atoms with Crippen molar-refractivity contribution in [2.24, 2.45) is 0 Å². The molecule has 1 atom stereocenters. The van der Waals surface area contributed by atoms with Gasteiger partial charge in [-0.1, -0.05) is 0 Å². The van der Waals surface area contributed by atoms with E-state index in [0.29, 0.717) is 35.2 Å². The van der Waals surface area contributed by atoms with E-state index in [9.17, 15) is 10.1 Å². The van der Waals surface area contributed by atoms with Crippen LogP contribution in [0.2, 0.25) is 0 Å². The van der Waals surface area contributed by atoms with Gasteiger partial charge in [-0.25, -0.2) is 0 Å². The fourth-order valence-corrected chi connectivity index (χ4v) is 5.07. The summed E-state index contributed by atoms with van der Waals surface area (Å²) >= 11 is 1.56. The summed E-state index contributed by atoms with van der Waals surface area (Å²) < 4.78 is 10.7. The number of methoxy groups -OCH3 is 2. The number of fused-ring (bicyclic) bond motifs is 1. The number of quaternary nitrogens is 1. The number of aryl methyl sites for hydroxylation is 2. The number of nitrogens with zero attached hydrogens (tertiary/aromatic N) is 1. The number of likely N-dealkylation sites (N-methyl/N-ethyl adjacent to an activating group) is 1. The van der Waals surface area contributed by atoms with E-state index >= 15 is 0 Å². The van der Waals surface area contributed by atoms with Gasteiger partial charge in [0.2, 0.25) is 0 Å². The van der Waals surface area contributed by atoms with Crippen LogP contribution in [0.4, 0.5) is 5.00 Å². The van der Waals surface area contributed by atoms with Gasteiger partial charge in [0.25, 0.3) is 5.91 Å². The van der Waals surface area contributed by atoms with Crippen molar-refractivity contribution in [3.63, 3.8) is 0 Å². The number of carbonyl (C=O) groups excluding carboxylic acids is 1. The van der Waals surface area contributed by atoms with Crippen LogP contribution in [0.1, 0.15) is 40.0 Å². The molecule has 0 bridgehead atoms. The summed E-state index contributed by atoms with van der Waals surface area (Å²) in [5.74, 6) is 1.32. The van der Waals surface area contributed by atoms with Crippen LogP contribution in [0.3, 0.4) is 0 Å². The highest BCUT2D eigenvalue weighted by molar-refractivity contribution is 7.16. The lowest BCUT2D eigenvalue weighted by Gasteiger charge is -2.17. The Hall–Kier alpha value is -2.56. The summed E-state index contributed by atoms with van der Waals surface area (Å²) in [6, 6.07) is 6.22. The summed E-state index contributed by atoms with van der Waals surface area (Å²) in [4.78, 5) is 14.9. The molecule has 2 aromatic rings. The minimum atomic E-state index is -0.0734. The highest BCUT2D eigenvalue weighted by Gasteiger charge is 2.23. The van der Waals surface area contributed by atoms with Crippen molar-refractivity contribution in [1.82, 2.24) is 0 Å². The molecule has 1 aliphatic rings. The van der Waals surface area contributed by atoms with Crippen LogP contribution in [0.15, 0.2) is 12.1 Å². The molecule has 0 spiro atoms. The lowest BCUT2D eigenvalue weighted by Crippen LogP contribution is -3.08. The SMILES string of the molecule is COc1cc(C)c(C[NH+](C)CC(=O)Nc2sc3c(c2C#N)CCCC3)cc1OC. The molecular formula is C22H28N3O3S+. The number of thiophene rings is 1. The van der Waals surface area contributed by atoms with Crippen molar-refractivity contribution in [3.05, 3.63) is 39.3 Å². The van der Waals surface area contributed by atoms with E-state index in [1.54, 1.807) is 25.6 Å². The van der Waals surface area contributed by atoms with Crippen LogP contribution in [-0.2, 0) is 24.2 Å². The van der Waals surface area contributed by atoms with Crippen LogP contribution in [0, 0.1) is 18.3 Å². The highest BCUT2D eigenvalue weighted by atomic mass is 32.1. The Kier molecular flexibility index (Phi) is 6.78. The van der Waals surface area contributed by atoms with Gasteiger partial charge in [0, 0.05) is 10.4 Å². The van der Waals surface area contributed by atoms with Gasteiger partial charge in [-0.05, 0) is 55.9 Å². The number of nitrogens with one attached hydrogen (secondary N) is 2. The van der Waals surface area contributed by atoms with E-state index in [-0.39, 0.29) is 5.91 Å². The van der Waals surface area contributed by atoms with Crippen LogP contribution in [0.5, 0.6) is 11.5 Å². The lowest BCUT2D eigenvalue weighted by atomic mass is 9.96. The molecule has 1 aliphatic carbocycles. The fourth-order valence-electron chi connectivity index (χ4n) is 3.82. The number of rotatable bonds is 7. The lowest BCUT2D eigenvalue weighted by molar-refractivity contribution is -0.885. The summed E-state index contributed by atoms with van der Waals surface area (Å²) in [5.41, 5.74) is 4.00. The van der Waals surface area contributed by atoms with Gasteiger partial charge in [-0.15, -0.1) is 11.3 Å². The molecule has 2 N–H and O–H groups in total. The molecule has 154 valence electrons. The number of benzene rings is 1. The summed E-state index contributed by atoms with van der Waals surface area (Å²) in [6.07, 6.45) is 4.22. The molecule has 1 heterocycles. The zero-order valence-electron chi connectivity index (χ0n) is 17.5. The Morgan fingerprint density at radius 2 is 1.93 bits per heavy atom. The van der Waals surface area contributed by atoms with Crippen molar-refractivity contribution < 1.29 is 19.2 Å². The highest BCUT2D eigenvalue weighted by Crippen LogP contribution is 2.37. The van der Waals surface area contributed by atoms with Crippen LogP contribution in [0.25, 0.3) is 0 Å². The molecule has 0 fully saturated rings. The number of nitriles is 1. The van der Waals surface area contributed by atoms with Crippen LogP contribution in [-0.4, -0.2) is 33.7 Å². The van der Waals surface area contributed by atoms with E-state index in [1.807, 2.05) is 26.1 Å². The Morgan fingerprint density at radius 3 is 2.62 bits per heavy atom. The van der Waals surface area contributed by atoms with Gasteiger partial charge in [0.1, 0.15) is 17.6 Å². The van der Waals surface area contributed by atoms with Gasteiger partial charge in [0.15, 0.2) is 18.0 Å². The second kappa shape index (κ2) is 9.29. The van der Waals surface area contributed by atoms with Crippen molar-refractivity contribution >= 4 is 22.2 Å². The van der Waals surface area contributed by atoms with Crippen molar-refractivity contribution in [1.29, 1.82) is 5.26 Å². The van der Waals surface area contributed by atoms with Gasteiger partial charge in [0.05, 0.1) is 26.8 Å². The van der Waals surface area contributed by atoms with E-state index < -0.39 is 0 Å². The average molecular weight is 415 g/mol. The Morgan fingerprint density at radius 1 is 1.24 bits per heavy atom. The monoisotopic (exact) mass is 414 g/mol. The third kappa shape index (κ3) is 4.72. The van der Waals surface area contributed by atoms with Crippen molar-refractivity contribution in [2.75, 3.05) is 33.1 Å². The molecule has 0 saturated heterocycles. The van der Waals surface area contributed by atoms with Gasteiger partial charge >= 0.3 is 0 Å². The molecule has 1 unspecified atom stereocenters. The number of hydrogen-bond acceptors (Lipinski definition) is 5. The predicted molar refractivity (Wildman–Crippen MR) is 114 cm³/mol.